The molecule has 0 saturated carbocycles. The van der Waals surface area contributed by atoms with E-state index >= 15 is 0 Å². The number of rotatable bonds is 8. The Morgan fingerprint density at radius 1 is 1.15 bits per heavy atom. The summed E-state index contributed by atoms with van der Waals surface area (Å²) in [6.45, 7) is 4.79. The lowest BCUT2D eigenvalue weighted by molar-refractivity contribution is -0.138. The number of hydrogen-bond acceptors (Lipinski definition) is 4. The van der Waals surface area contributed by atoms with E-state index in [1.165, 1.54) is 0 Å². The molecule has 0 rings (SSSR count). The van der Waals surface area contributed by atoms with E-state index in [1.54, 1.807) is 0 Å². The fraction of sp³-hybridized carbons (Fsp3) is 0.769. The van der Waals surface area contributed by atoms with Gasteiger partial charge in [0.1, 0.15) is 0 Å². The molecule has 1 atom stereocenters. The molecule has 0 spiro atoms. The third-order valence-corrected chi connectivity index (χ3v) is 2.50. The van der Waals surface area contributed by atoms with Crippen molar-refractivity contribution >= 4 is 17.9 Å². The van der Waals surface area contributed by atoms with Crippen molar-refractivity contribution in [1.29, 1.82) is 0 Å². The van der Waals surface area contributed by atoms with E-state index in [9.17, 15) is 14.4 Å². The van der Waals surface area contributed by atoms with Crippen molar-refractivity contribution in [3.8, 4) is 0 Å². The fourth-order valence-electron chi connectivity index (χ4n) is 1.82. The highest BCUT2D eigenvalue weighted by Gasteiger charge is 2.16. The average Bonchev–Trinajstić information content (AvgIpc) is 2.23. The molecule has 0 aliphatic carbocycles. The lowest BCUT2D eigenvalue weighted by Crippen LogP contribution is -2.48. The van der Waals surface area contributed by atoms with Gasteiger partial charge in [-0.25, -0.2) is 4.79 Å². The highest BCUT2D eigenvalue weighted by Crippen LogP contribution is 2.05. The van der Waals surface area contributed by atoms with Crippen molar-refractivity contribution in [3.63, 3.8) is 0 Å². The molecule has 0 fully saturated rings. The van der Waals surface area contributed by atoms with Gasteiger partial charge in [0.2, 0.25) is 5.91 Å². The zero-order valence-electron chi connectivity index (χ0n) is 12.6. The number of amides is 3. The van der Waals surface area contributed by atoms with Gasteiger partial charge in [-0.2, -0.15) is 0 Å². The van der Waals surface area contributed by atoms with Crippen molar-refractivity contribution < 1.29 is 19.5 Å². The molecule has 1 unspecified atom stereocenters. The van der Waals surface area contributed by atoms with Crippen LogP contribution in [0.5, 0.6) is 0 Å². The quantitative estimate of drug-likeness (QED) is 0.609. The van der Waals surface area contributed by atoms with Crippen molar-refractivity contribution in [3.05, 3.63) is 0 Å². The number of carboxylic acid groups (broad SMARTS) is 1. The number of aliphatic carboxylic acids is 1. The molecule has 0 radical (unpaired) electrons. The number of carbonyl (C=O) groups excluding carboxylic acids is 2. The second-order valence-corrected chi connectivity index (χ2v) is 5.50. The van der Waals surface area contributed by atoms with Gasteiger partial charge in [-0.05, 0) is 26.4 Å². The zero-order chi connectivity index (χ0) is 15.7. The van der Waals surface area contributed by atoms with Crippen LogP contribution < -0.4 is 10.6 Å². The van der Waals surface area contributed by atoms with Gasteiger partial charge < -0.3 is 15.3 Å². The number of carboxylic acids is 1. The lowest BCUT2D eigenvalue weighted by atomic mass is 10.0. The first-order chi connectivity index (χ1) is 9.20. The van der Waals surface area contributed by atoms with Crippen LogP contribution in [-0.4, -0.2) is 54.6 Å². The summed E-state index contributed by atoms with van der Waals surface area (Å²) in [5.74, 6) is -1.23. The van der Waals surface area contributed by atoms with Crippen LogP contribution in [0.4, 0.5) is 4.79 Å². The van der Waals surface area contributed by atoms with Crippen LogP contribution in [0.15, 0.2) is 0 Å². The van der Waals surface area contributed by atoms with Crippen LogP contribution in [0.25, 0.3) is 0 Å². The van der Waals surface area contributed by atoms with Gasteiger partial charge in [0.05, 0.1) is 6.42 Å². The number of hydrogen-bond donors (Lipinski definition) is 3. The second kappa shape index (κ2) is 9.30. The molecular weight excluding hydrogens is 262 g/mol. The van der Waals surface area contributed by atoms with Crippen LogP contribution in [0.1, 0.15) is 33.1 Å². The van der Waals surface area contributed by atoms with Gasteiger partial charge in [0, 0.05) is 19.0 Å². The molecule has 7 nitrogen and oxygen atoms in total. The summed E-state index contributed by atoms with van der Waals surface area (Å²) in [6, 6.07) is -0.634. The molecule has 0 saturated heterocycles. The molecule has 0 aliphatic heterocycles. The van der Waals surface area contributed by atoms with Crippen LogP contribution in [-0.2, 0) is 9.59 Å². The summed E-state index contributed by atoms with van der Waals surface area (Å²) in [6.07, 6.45) is 0.312. The molecule has 3 amide bonds. The normalized spacial score (nSPS) is 12.3. The van der Waals surface area contributed by atoms with Crippen LogP contribution in [0.3, 0.4) is 0 Å². The minimum Gasteiger partial charge on any atom is -0.481 e. The molecule has 7 heteroatoms. The molecule has 0 aromatic rings. The SMILES string of the molecule is CC(C)CC(CN(C)C)NC(=O)NC(=O)CCC(=O)O. The number of carbonyl (C=O) groups is 3. The fourth-order valence-corrected chi connectivity index (χ4v) is 1.82. The Hall–Kier alpha value is -1.63. The van der Waals surface area contributed by atoms with Gasteiger partial charge in [-0.3, -0.25) is 14.9 Å². The summed E-state index contributed by atoms with van der Waals surface area (Å²) < 4.78 is 0. The first-order valence-electron chi connectivity index (χ1n) is 6.67. The summed E-state index contributed by atoms with van der Waals surface area (Å²) in [5.41, 5.74) is 0. The van der Waals surface area contributed by atoms with Crippen molar-refractivity contribution in [2.75, 3.05) is 20.6 Å². The standard InChI is InChI=1S/C13H25N3O4/c1-9(2)7-10(8-16(3)4)14-13(20)15-11(17)5-6-12(18)19/h9-10H,5-8H2,1-4H3,(H,18,19)(H2,14,15,17,20). The van der Waals surface area contributed by atoms with Gasteiger partial charge in [-0.15, -0.1) is 0 Å². The summed E-state index contributed by atoms with van der Waals surface area (Å²) in [5, 5.41) is 13.3. The molecule has 0 aromatic heterocycles. The molecule has 3 N–H and O–H groups in total. The molecule has 0 bridgehead atoms. The minimum absolute atomic E-state index is 0.0581. The first kappa shape index (κ1) is 18.4. The van der Waals surface area contributed by atoms with Gasteiger partial charge in [-0.1, -0.05) is 13.8 Å². The Kier molecular flexibility index (Phi) is 8.54. The Labute approximate surface area is 119 Å². The molecule has 0 aromatic carbocycles. The van der Waals surface area contributed by atoms with E-state index in [4.69, 9.17) is 5.11 Å². The molecule has 116 valence electrons. The van der Waals surface area contributed by atoms with E-state index in [2.05, 4.69) is 24.5 Å². The maximum absolute atomic E-state index is 11.7. The predicted molar refractivity (Wildman–Crippen MR) is 75.3 cm³/mol. The number of imide groups is 1. The van der Waals surface area contributed by atoms with Gasteiger partial charge in [0.25, 0.3) is 0 Å². The summed E-state index contributed by atoms with van der Waals surface area (Å²) in [4.78, 5) is 35.3. The Morgan fingerprint density at radius 2 is 1.75 bits per heavy atom. The third-order valence-electron chi connectivity index (χ3n) is 2.50. The van der Waals surface area contributed by atoms with Crippen molar-refractivity contribution in [2.45, 2.75) is 39.2 Å². The number of urea groups is 1. The molecule has 0 heterocycles. The number of nitrogens with zero attached hydrogens (tertiary/aromatic N) is 1. The van der Waals surface area contributed by atoms with E-state index < -0.39 is 17.9 Å². The zero-order valence-corrected chi connectivity index (χ0v) is 12.6. The topological polar surface area (TPSA) is 98.7 Å². The largest absolute Gasteiger partial charge is 0.481 e. The average molecular weight is 287 g/mol. The number of nitrogens with one attached hydrogen (secondary N) is 2. The Balaban J connectivity index is 4.23. The van der Waals surface area contributed by atoms with Crippen molar-refractivity contribution in [1.82, 2.24) is 15.5 Å². The van der Waals surface area contributed by atoms with Crippen LogP contribution in [0.2, 0.25) is 0 Å². The van der Waals surface area contributed by atoms with E-state index in [1.807, 2.05) is 19.0 Å². The Morgan fingerprint density at radius 3 is 2.20 bits per heavy atom. The highest BCUT2D eigenvalue weighted by atomic mass is 16.4. The Bertz CT molecular complexity index is 333. The second-order valence-electron chi connectivity index (χ2n) is 5.50. The maximum Gasteiger partial charge on any atom is 0.321 e. The molecule has 0 aliphatic rings. The first-order valence-corrected chi connectivity index (χ1v) is 6.67. The van der Waals surface area contributed by atoms with E-state index in [-0.39, 0.29) is 18.9 Å². The highest BCUT2D eigenvalue weighted by molar-refractivity contribution is 5.95. The van der Waals surface area contributed by atoms with Crippen LogP contribution in [0, 0.1) is 5.92 Å². The molecule has 20 heavy (non-hydrogen) atoms. The van der Waals surface area contributed by atoms with Gasteiger partial charge >= 0.3 is 12.0 Å². The maximum atomic E-state index is 11.7. The lowest BCUT2D eigenvalue weighted by Gasteiger charge is -2.23. The third kappa shape index (κ3) is 10.3. The summed E-state index contributed by atoms with van der Waals surface area (Å²) >= 11 is 0. The van der Waals surface area contributed by atoms with Crippen LogP contribution >= 0.6 is 0 Å². The monoisotopic (exact) mass is 287 g/mol. The number of likely N-dealkylation sites (N-methyl/N-ethyl adjacent to an activating group) is 1. The van der Waals surface area contributed by atoms with Gasteiger partial charge in [0.15, 0.2) is 0 Å². The van der Waals surface area contributed by atoms with E-state index in [0.29, 0.717) is 12.5 Å². The summed E-state index contributed by atoms with van der Waals surface area (Å²) in [7, 11) is 3.82. The molecular formula is C13H25N3O4. The smallest absolute Gasteiger partial charge is 0.321 e. The predicted octanol–water partition coefficient (Wildman–Crippen LogP) is 0.653. The van der Waals surface area contributed by atoms with E-state index in [0.717, 1.165) is 6.42 Å². The minimum atomic E-state index is -1.06. The van der Waals surface area contributed by atoms with Crippen molar-refractivity contribution in [2.24, 2.45) is 5.92 Å².